The average Bonchev–Trinajstić information content (AvgIpc) is 2.67. The van der Waals surface area contributed by atoms with Gasteiger partial charge in [0.1, 0.15) is 0 Å². The minimum atomic E-state index is 0.578. The van der Waals surface area contributed by atoms with Crippen LogP contribution in [0, 0.1) is 16.4 Å². The molecule has 0 radical (unpaired) electrons. The van der Waals surface area contributed by atoms with Gasteiger partial charge in [0, 0.05) is 21.3 Å². The van der Waals surface area contributed by atoms with Crippen LogP contribution in [-0.4, -0.2) is 16.1 Å². The highest BCUT2D eigenvalue weighted by molar-refractivity contribution is 14.1. The Balaban J connectivity index is 2.38. The van der Waals surface area contributed by atoms with Crippen molar-refractivity contribution in [1.82, 2.24) is 9.55 Å². The summed E-state index contributed by atoms with van der Waals surface area (Å²) in [4.78, 5) is 4.54. The molecule has 0 aliphatic carbocycles. The summed E-state index contributed by atoms with van der Waals surface area (Å²) in [6.45, 7) is 7.26. The van der Waals surface area contributed by atoms with E-state index in [1.54, 1.807) is 0 Å². The van der Waals surface area contributed by atoms with Gasteiger partial charge >= 0.3 is 0 Å². The number of aryl methyl sites for hydroxylation is 1. The van der Waals surface area contributed by atoms with E-state index in [0.29, 0.717) is 5.92 Å². The SMILES string of the molecule is Cc1cn(-c2ccc(Cl)cc2I)c(NCC(C)C)n1. The molecule has 0 saturated carbocycles. The largest absolute Gasteiger partial charge is 0.355 e. The standard InChI is InChI=1S/C14H17ClIN3/c1-9(2)7-17-14-18-10(3)8-19(14)13-5-4-11(15)6-12(13)16/h4-6,8-9H,7H2,1-3H3,(H,17,18). The van der Waals surface area contributed by atoms with Crippen molar-refractivity contribution in [3.8, 4) is 5.69 Å². The van der Waals surface area contributed by atoms with E-state index in [1.807, 2.05) is 31.3 Å². The molecule has 0 atom stereocenters. The van der Waals surface area contributed by atoms with Gasteiger partial charge < -0.3 is 5.32 Å². The van der Waals surface area contributed by atoms with E-state index in [9.17, 15) is 0 Å². The topological polar surface area (TPSA) is 29.9 Å². The highest BCUT2D eigenvalue weighted by Gasteiger charge is 2.10. The first kappa shape index (κ1) is 14.7. The van der Waals surface area contributed by atoms with Gasteiger partial charge in [-0.15, -0.1) is 0 Å². The van der Waals surface area contributed by atoms with E-state index in [-0.39, 0.29) is 0 Å². The van der Waals surface area contributed by atoms with Crippen LogP contribution in [0.2, 0.25) is 5.02 Å². The first-order valence-corrected chi connectivity index (χ1v) is 7.68. The maximum absolute atomic E-state index is 6.01. The summed E-state index contributed by atoms with van der Waals surface area (Å²) < 4.78 is 3.19. The Hall–Kier alpha value is -0.750. The van der Waals surface area contributed by atoms with Gasteiger partial charge in [-0.3, -0.25) is 4.57 Å². The average molecular weight is 390 g/mol. The molecule has 5 heteroatoms. The number of nitrogens with one attached hydrogen (secondary N) is 1. The van der Waals surface area contributed by atoms with Crippen LogP contribution in [0.15, 0.2) is 24.4 Å². The van der Waals surface area contributed by atoms with Gasteiger partial charge in [-0.05, 0) is 53.6 Å². The summed E-state index contributed by atoms with van der Waals surface area (Å²) >= 11 is 8.30. The lowest BCUT2D eigenvalue weighted by atomic mass is 10.2. The summed E-state index contributed by atoms with van der Waals surface area (Å²) in [5.41, 5.74) is 2.09. The highest BCUT2D eigenvalue weighted by Crippen LogP contribution is 2.24. The molecule has 0 amide bonds. The number of hydrogen-bond donors (Lipinski definition) is 1. The van der Waals surface area contributed by atoms with E-state index in [1.165, 1.54) is 0 Å². The fraction of sp³-hybridized carbons (Fsp3) is 0.357. The quantitative estimate of drug-likeness (QED) is 0.780. The van der Waals surface area contributed by atoms with E-state index in [2.05, 4.69) is 51.3 Å². The number of anilines is 1. The molecule has 0 aliphatic heterocycles. The van der Waals surface area contributed by atoms with Crippen LogP contribution >= 0.6 is 34.2 Å². The molecule has 0 spiro atoms. The maximum atomic E-state index is 6.01. The zero-order valence-electron chi connectivity index (χ0n) is 11.2. The first-order valence-electron chi connectivity index (χ1n) is 6.22. The molecule has 2 aromatic rings. The van der Waals surface area contributed by atoms with Crippen molar-refractivity contribution in [3.05, 3.63) is 38.7 Å². The minimum Gasteiger partial charge on any atom is -0.355 e. The highest BCUT2D eigenvalue weighted by atomic mass is 127. The number of imidazole rings is 1. The van der Waals surface area contributed by atoms with Gasteiger partial charge in [0.15, 0.2) is 0 Å². The van der Waals surface area contributed by atoms with Crippen LogP contribution in [0.3, 0.4) is 0 Å². The summed E-state index contributed by atoms with van der Waals surface area (Å²) in [5.74, 6) is 1.46. The second-order valence-electron chi connectivity index (χ2n) is 4.95. The van der Waals surface area contributed by atoms with Gasteiger partial charge in [0.25, 0.3) is 0 Å². The van der Waals surface area contributed by atoms with Gasteiger partial charge in [-0.25, -0.2) is 4.98 Å². The summed E-state index contributed by atoms with van der Waals surface area (Å²) in [6.07, 6.45) is 2.04. The minimum absolute atomic E-state index is 0.578. The fourth-order valence-corrected chi connectivity index (χ4v) is 2.91. The van der Waals surface area contributed by atoms with E-state index in [4.69, 9.17) is 11.6 Å². The lowest BCUT2D eigenvalue weighted by molar-refractivity contribution is 0.683. The smallest absolute Gasteiger partial charge is 0.207 e. The van der Waals surface area contributed by atoms with Gasteiger partial charge in [-0.2, -0.15) is 0 Å². The fourth-order valence-electron chi connectivity index (χ4n) is 1.78. The number of halogens is 2. The molecule has 1 aromatic carbocycles. The van der Waals surface area contributed by atoms with Gasteiger partial charge in [0.05, 0.1) is 11.4 Å². The molecule has 1 aromatic heterocycles. The van der Waals surface area contributed by atoms with Gasteiger partial charge in [-0.1, -0.05) is 25.4 Å². The Morgan fingerprint density at radius 2 is 2.16 bits per heavy atom. The molecular formula is C14H17ClIN3. The van der Waals surface area contributed by atoms with Crippen LogP contribution in [0.4, 0.5) is 5.95 Å². The number of aromatic nitrogens is 2. The van der Waals surface area contributed by atoms with Crippen LogP contribution < -0.4 is 5.32 Å². The number of benzene rings is 1. The molecule has 2 rings (SSSR count). The van der Waals surface area contributed by atoms with Crippen molar-refractivity contribution < 1.29 is 0 Å². The lowest BCUT2D eigenvalue weighted by Gasteiger charge is -2.12. The molecule has 0 bridgehead atoms. The maximum Gasteiger partial charge on any atom is 0.207 e. The summed E-state index contributed by atoms with van der Waals surface area (Å²) in [7, 11) is 0. The molecule has 0 saturated heterocycles. The molecule has 1 N–H and O–H groups in total. The van der Waals surface area contributed by atoms with Crippen molar-refractivity contribution in [2.24, 2.45) is 5.92 Å². The molecule has 0 unspecified atom stereocenters. The Bertz CT molecular complexity index is 578. The lowest BCUT2D eigenvalue weighted by Crippen LogP contribution is -2.12. The van der Waals surface area contributed by atoms with Crippen LogP contribution in [0.1, 0.15) is 19.5 Å². The van der Waals surface area contributed by atoms with E-state index >= 15 is 0 Å². The second kappa shape index (κ2) is 6.13. The molecule has 3 nitrogen and oxygen atoms in total. The van der Waals surface area contributed by atoms with Crippen molar-refractivity contribution in [3.63, 3.8) is 0 Å². The molecule has 19 heavy (non-hydrogen) atoms. The Labute approximate surface area is 132 Å². The summed E-state index contributed by atoms with van der Waals surface area (Å²) in [5, 5.41) is 4.14. The molecular weight excluding hydrogens is 373 g/mol. The van der Waals surface area contributed by atoms with Crippen LogP contribution in [-0.2, 0) is 0 Å². The van der Waals surface area contributed by atoms with Crippen molar-refractivity contribution in [2.75, 3.05) is 11.9 Å². The van der Waals surface area contributed by atoms with Gasteiger partial charge in [0.2, 0.25) is 5.95 Å². The van der Waals surface area contributed by atoms with Crippen molar-refractivity contribution in [1.29, 1.82) is 0 Å². The van der Waals surface area contributed by atoms with E-state index in [0.717, 1.165) is 32.5 Å². The predicted octanol–water partition coefficient (Wildman–Crippen LogP) is 4.51. The molecule has 1 heterocycles. The third kappa shape index (κ3) is 3.63. The monoisotopic (exact) mass is 389 g/mol. The third-order valence-corrected chi connectivity index (χ3v) is 3.76. The Kier molecular flexibility index (Phi) is 4.73. The Morgan fingerprint density at radius 1 is 1.42 bits per heavy atom. The van der Waals surface area contributed by atoms with Crippen LogP contribution in [0.5, 0.6) is 0 Å². The number of rotatable bonds is 4. The normalized spacial score (nSPS) is 11.1. The predicted molar refractivity (Wildman–Crippen MR) is 89.4 cm³/mol. The number of nitrogens with zero attached hydrogens (tertiary/aromatic N) is 2. The summed E-state index contributed by atoms with van der Waals surface area (Å²) in [6, 6.07) is 5.88. The first-order chi connectivity index (χ1) is 8.97. The molecule has 0 aliphatic rings. The second-order valence-corrected chi connectivity index (χ2v) is 6.55. The molecule has 102 valence electrons. The van der Waals surface area contributed by atoms with Crippen molar-refractivity contribution >= 4 is 40.1 Å². The van der Waals surface area contributed by atoms with Crippen molar-refractivity contribution in [2.45, 2.75) is 20.8 Å². The third-order valence-electron chi connectivity index (χ3n) is 2.66. The Morgan fingerprint density at radius 3 is 2.79 bits per heavy atom. The number of hydrogen-bond acceptors (Lipinski definition) is 2. The van der Waals surface area contributed by atoms with Crippen LogP contribution in [0.25, 0.3) is 5.69 Å². The zero-order valence-corrected chi connectivity index (χ0v) is 14.2. The van der Waals surface area contributed by atoms with E-state index < -0.39 is 0 Å². The molecule has 0 fully saturated rings. The zero-order chi connectivity index (χ0) is 14.0.